The Hall–Kier alpha value is -2.35. The van der Waals surface area contributed by atoms with Crippen LogP contribution >= 0.6 is 11.3 Å². The molecule has 0 aliphatic heterocycles. The molecule has 112 valence electrons. The topological polar surface area (TPSA) is 95.8 Å². The average Bonchev–Trinajstić information content (AvgIpc) is 2.80. The van der Waals surface area contributed by atoms with E-state index in [0.29, 0.717) is 28.5 Å². The maximum absolute atomic E-state index is 11.5. The first-order chi connectivity index (χ1) is 10.0. The minimum Gasteiger partial charge on any atom is -0.508 e. The summed E-state index contributed by atoms with van der Waals surface area (Å²) in [5.41, 5.74) is 1.92. The number of hydrogen-bond donors (Lipinski definition) is 3. The van der Waals surface area contributed by atoms with Gasteiger partial charge in [-0.15, -0.1) is 0 Å². The van der Waals surface area contributed by atoms with Crippen LogP contribution in [0.5, 0.6) is 5.75 Å². The van der Waals surface area contributed by atoms with E-state index in [1.807, 2.05) is 6.92 Å². The summed E-state index contributed by atoms with van der Waals surface area (Å²) in [6.45, 7) is 4.13. The lowest BCUT2D eigenvalue weighted by Crippen LogP contribution is -2.28. The first-order valence-corrected chi connectivity index (χ1v) is 7.13. The van der Waals surface area contributed by atoms with Gasteiger partial charge in [-0.1, -0.05) is 16.5 Å². The zero-order valence-corrected chi connectivity index (χ0v) is 12.7. The maximum Gasteiger partial charge on any atom is 0.321 e. The molecule has 0 saturated heterocycles. The van der Waals surface area contributed by atoms with Gasteiger partial charge >= 0.3 is 6.03 Å². The van der Waals surface area contributed by atoms with Crippen LogP contribution in [0.3, 0.4) is 0 Å². The second kappa shape index (κ2) is 6.40. The van der Waals surface area contributed by atoms with Gasteiger partial charge in [-0.05, 0) is 19.9 Å². The van der Waals surface area contributed by atoms with Crippen molar-refractivity contribution in [3.8, 4) is 5.75 Å². The van der Waals surface area contributed by atoms with Gasteiger partial charge in [0.2, 0.25) is 0 Å². The normalized spacial score (nSPS) is 11.5. The first-order valence-electron chi connectivity index (χ1n) is 6.31. The Morgan fingerprint density at radius 3 is 2.95 bits per heavy atom. The van der Waals surface area contributed by atoms with Crippen LogP contribution in [0, 0.1) is 0 Å². The molecular weight excluding hydrogens is 292 g/mol. The Kier molecular flexibility index (Phi) is 4.59. The molecule has 0 atom stereocenters. The van der Waals surface area contributed by atoms with E-state index in [1.54, 1.807) is 19.1 Å². The standard InChI is InChI=1S/C13H16N4O3S/c1-4-14-12(19)16-13-15-10-6-8(18)5-9(11(10)21-13)7(2)17-20-3/h5-6,18H,4H2,1-3H3,(H2,14,15,16,19). The number of thiazole rings is 1. The van der Waals surface area contributed by atoms with Crippen molar-refractivity contribution in [1.82, 2.24) is 10.3 Å². The number of nitrogens with zero attached hydrogens (tertiary/aromatic N) is 2. The molecule has 8 heteroatoms. The molecule has 7 nitrogen and oxygen atoms in total. The van der Waals surface area contributed by atoms with Crippen molar-refractivity contribution in [2.45, 2.75) is 13.8 Å². The molecule has 0 aliphatic rings. The molecule has 0 bridgehead atoms. The molecule has 1 heterocycles. The van der Waals surface area contributed by atoms with Gasteiger partial charge in [0, 0.05) is 18.2 Å². The Balaban J connectivity index is 2.44. The number of carbonyl (C=O) groups is 1. The highest BCUT2D eigenvalue weighted by Crippen LogP contribution is 2.32. The van der Waals surface area contributed by atoms with Gasteiger partial charge in [0.1, 0.15) is 12.9 Å². The molecular formula is C13H16N4O3S. The van der Waals surface area contributed by atoms with Crippen molar-refractivity contribution in [3.63, 3.8) is 0 Å². The number of nitrogens with one attached hydrogen (secondary N) is 2. The molecule has 0 radical (unpaired) electrons. The van der Waals surface area contributed by atoms with Crippen LogP contribution in [0.2, 0.25) is 0 Å². The SMILES string of the molecule is CCNC(=O)Nc1nc2cc(O)cc(C(C)=NOC)c2s1. The fraction of sp³-hybridized carbons (Fsp3) is 0.308. The number of oxime groups is 1. The molecule has 0 aliphatic carbocycles. The summed E-state index contributed by atoms with van der Waals surface area (Å²) in [4.78, 5) is 20.6. The molecule has 0 fully saturated rings. The van der Waals surface area contributed by atoms with Crippen LogP contribution in [0.15, 0.2) is 17.3 Å². The van der Waals surface area contributed by atoms with Gasteiger partial charge < -0.3 is 15.3 Å². The smallest absolute Gasteiger partial charge is 0.321 e. The second-order valence-electron chi connectivity index (χ2n) is 4.20. The molecule has 2 amide bonds. The van der Waals surface area contributed by atoms with E-state index in [0.717, 1.165) is 4.70 Å². The number of phenolic OH excluding ortho intramolecular Hbond substituents is 1. The summed E-state index contributed by atoms with van der Waals surface area (Å²) in [6, 6.07) is 2.82. The highest BCUT2D eigenvalue weighted by atomic mass is 32.1. The Morgan fingerprint density at radius 1 is 1.52 bits per heavy atom. The number of rotatable bonds is 4. The van der Waals surface area contributed by atoms with Crippen molar-refractivity contribution in [2.75, 3.05) is 19.0 Å². The van der Waals surface area contributed by atoms with E-state index in [1.165, 1.54) is 18.4 Å². The predicted octanol–water partition coefficient (Wildman–Crippen LogP) is 2.51. The van der Waals surface area contributed by atoms with Crippen LogP contribution < -0.4 is 10.6 Å². The molecule has 3 N–H and O–H groups in total. The monoisotopic (exact) mass is 308 g/mol. The third kappa shape index (κ3) is 3.40. The summed E-state index contributed by atoms with van der Waals surface area (Å²) in [5, 5.41) is 19.4. The van der Waals surface area contributed by atoms with Crippen LogP contribution in [0.25, 0.3) is 10.2 Å². The highest BCUT2D eigenvalue weighted by Gasteiger charge is 2.14. The molecule has 21 heavy (non-hydrogen) atoms. The van der Waals surface area contributed by atoms with Crippen molar-refractivity contribution in [2.24, 2.45) is 5.16 Å². The van der Waals surface area contributed by atoms with Crippen molar-refractivity contribution >= 4 is 38.4 Å². The largest absolute Gasteiger partial charge is 0.508 e. The lowest BCUT2D eigenvalue weighted by atomic mass is 10.1. The average molecular weight is 308 g/mol. The third-order valence-corrected chi connectivity index (χ3v) is 3.67. The van der Waals surface area contributed by atoms with Crippen LogP contribution in [0.1, 0.15) is 19.4 Å². The van der Waals surface area contributed by atoms with Gasteiger partial charge in [-0.25, -0.2) is 9.78 Å². The summed E-state index contributed by atoms with van der Waals surface area (Å²) >= 11 is 1.31. The van der Waals surface area contributed by atoms with Gasteiger partial charge in [0.15, 0.2) is 5.13 Å². The lowest BCUT2D eigenvalue weighted by molar-refractivity contribution is 0.213. The van der Waals surface area contributed by atoms with Crippen LogP contribution in [-0.4, -0.2) is 35.5 Å². The number of aromatic nitrogens is 1. The van der Waals surface area contributed by atoms with E-state index in [2.05, 4.69) is 20.8 Å². The van der Waals surface area contributed by atoms with Gasteiger partial charge in [-0.2, -0.15) is 0 Å². The summed E-state index contributed by atoms with van der Waals surface area (Å²) in [6.07, 6.45) is 0. The number of benzene rings is 1. The van der Waals surface area contributed by atoms with Crippen molar-refractivity contribution < 1.29 is 14.7 Å². The molecule has 2 aromatic rings. The summed E-state index contributed by atoms with van der Waals surface area (Å²) < 4.78 is 0.817. The number of aromatic hydroxyl groups is 1. The minimum atomic E-state index is -0.315. The molecule has 0 saturated carbocycles. The van der Waals surface area contributed by atoms with Crippen LogP contribution in [-0.2, 0) is 4.84 Å². The second-order valence-corrected chi connectivity index (χ2v) is 5.20. The number of phenols is 1. The lowest BCUT2D eigenvalue weighted by Gasteiger charge is -2.02. The zero-order valence-electron chi connectivity index (χ0n) is 11.9. The van der Waals surface area contributed by atoms with Crippen LogP contribution in [0.4, 0.5) is 9.93 Å². The number of fused-ring (bicyclic) bond motifs is 1. The summed E-state index contributed by atoms with van der Waals surface area (Å²) in [5.74, 6) is 0.0815. The predicted molar refractivity (Wildman–Crippen MR) is 83.2 cm³/mol. The van der Waals surface area contributed by atoms with Gasteiger partial charge in [0.25, 0.3) is 0 Å². The number of anilines is 1. The van der Waals surface area contributed by atoms with Crippen molar-refractivity contribution in [1.29, 1.82) is 0 Å². The van der Waals surface area contributed by atoms with E-state index >= 15 is 0 Å². The molecule has 0 unspecified atom stereocenters. The Bertz CT molecular complexity index is 696. The first kappa shape index (κ1) is 15.0. The van der Waals surface area contributed by atoms with Gasteiger partial charge in [-0.3, -0.25) is 5.32 Å². The number of amides is 2. The third-order valence-electron chi connectivity index (χ3n) is 2.65. The molecule has 0 spiro atoms. The highest BCUT2D eigenvalue weighted by molar-refractivity contribution is 7.22. The summed E-state index contributed by atoms with van der Waals surface area (Å²) in [7, 11) is 1.46. The molecule has 1 aromatic carbocycles. The molecule has 1 aromatic heterocycles. The van der Waals surface area contributed by atoms with Crippen molar-refractivity contribution in [3.05, 3.63) is 17.7 Å². The van der Waals surface area contributed by atoms with E-state index in [9.17, 15) is 9.90 Å². The zero-order chi connectivity index (χ0) is 15.4. The maximum atomic E-state index is 11.5. The number of urea groups is 1. The molecule has 2 rings (SSSR count). The fourth-order valence-corrected chi connectivity index (χ4v) is 2.83. The minimum absolute atomic E-state index is 0.0815. The Morgan fingerprint density at radius 2 is 2.29 bits per heavy atom. The van der Waals surface area contributed by atoms with E-state index in [-0.39, 0.29) is 11.8 Å². The number of hydrogen-bond acceptors (Lipinski definition) is 6. The number of carbonyl (C=O) groups excluding carboxylic acids is 1. The van der Waals surface area contributed by atoms with E-state index in [4.69, 9.17) is 4.84 Å². The Labute approximate surface area is 125 Å². The quantitative estimate of drug-likeness (QED) is 0.597. The van der Waals surface area contributed by atoms with E-state index < -0.39 is 0 Å². The fourth-order valence-electron chi connectivity index (χ4n) is 1.83. The van der Waals surface area contributed by atoms with Gasteiger partial charge in [0.05, 0.1) is 15.9 Å².